The van der Waals surface area contributed by atoms with E-state index < -0.39 is 16.9 Å². The van der Waals surface area contributed by atoms with E-state index in [1.54, 1.807) is 0 Å². The molecule has 0 bridgehead atoms. The van der Waals surface area contributed by atoms with Crippen LogP contribution in [0.3, 0.4) is 0 Å². The fourth-order valence-corrected chi connectivity index (χ4v) is 2.38. The first-order valence-corrected chi connectivity index (χ1v) is 5.17. The van der Waals surface area contributed by atoms with Crippen molar-refractivity contribution in [3.63, 3.8) is 0 Å². The van der Waals surface area contributed by atoms with Gasteiger partial charge in [-0.1, -0.05) is 0 Å². The highest BCUT2D eigenvalue weighted by Gasteiger charge is 2.41. The SMILES string of the molecule is FC(F)(F)c1ncc(C2(F)CCNC2)s1. The van der Waals surface area contributed by atoms with Gasteiger partial charge in [0.05, 0.1) is 4.88 Å². The number of alkyl halides is 4. The Morgan fingerprint density at radius 3 is 2.67 bits per heavy atom. The van der Waals surface area contributed by atoms with Gasteiger partial charge in [0.2, 0.25) is 0 Å². The molecule has 1 aromatic heterocycles. The van der Waals surface area contributed by atoms with E-state index in [4.69, 9.17) is 0 Å². The number of thiazole rings is 1. The van der Waals surface area contributed by atoms with Crippen LogP contribution in [0.2, 0.25) is 0 Å². The Bertz CT molecular complexity index is 354. The maximum Gasteiger partial charge on any atom is 0.443 e. The number of hydrogen-bond donors (Lipinski definition) is 1. The largest absolute Gasteiger partial charge is 0.443 e. The average molecular weight is 240 g/mol. The van der Waals surface area contributed by atoms with Gasteiger partial charge in [-0.15, -0.1) is 11.3 Å². The first kappa shape index (κ1) is 10.8. The summed E-state index contributed by atoms with van der Waals surface area (Å²) in [5, 5.41) is 1.80. The molecule has 1 aromatic rings. The molecule has 1 aliphatic rings. The molecule has 1 N–H and O–H groups in total. The van der Waals surface area contributed by atoms with Gasteiger partial charge in [-0.3, -0.25) is 0 Å². The highest BCUT2D eigenvalue weighted by Crippen LogP contribution is 2.40. The molecule has 0 radical (unpaired) electrons. The second-order valence-electron chi connectivity index (χ2n) is 3.42. The number of halogens is 4. The molecular formula is C8H8F4N2S. The molecule has 2 rings (SSSR count). The normalized spacial score (nSPS) is 27.2. The molecule has 1 saturated heterocycles. The molecule has 2 heterocycles. The van der Waals surface area contributed by atoms with Crippen molar-refractivity contribution >= 4 is 11.3 Å². The van der Waals surface area contributed by atoms with Gasteiger partial charge in [0, 0.05) is 19.2 Å². The minimum Gasteiger partial charge on any atom is -0.313 e. The van der Waals surface area contributed by atoms with Crippen LogP contribution in [0.25, 0.3) is 0 Å². The number of nitrogens with zero attached hydrogens (tertiary/aromatic N) is 1. The molecule has 1 unspecified atom stereocenters. The van der Waals surface area contributed by atoms with Crippen molar-refractivity contribution < 1.29 is 17.6 Å². The molecular weight excluding hydrogens is 232 g/mol. The summed E-state index contributed by atoms with van der Waals surface area (Å²) in [5.41, 5.74) is -1.68. The van der Waals surface area contributed by atoms with E-state index in [0.717, 1.165) is 6.20 Å². The second kappa shape index (κ2) is 3.41. The second-order valence-corrected chi connectivity index (χ2v) is 4.45. The van der Waals surface area contributed by atoms with Gasteiger partial charge in [-0.2, -0.15) is 13.2 Å². The standard InChI is InChI=1S/C8H8F4N2S/c9-7(1-2-13-4-7)5-3-14-6(15-5)8(10,11)12/h3,13H,1-2,4H2. The maximum atomic E-state index is 14.0. The van der Waals surface area contributed by atoms with Crippen molar-refractivity contribution in [2.45, 2.75) is 18.3 Å². The van der Waals surface area contributed by atoms with E-state index >= 15 is 0 Å². The Labute approximate surface area is 87.3 Å². The van der Waals surface area contributed by atoms with Crippen molar-refractivity contribution in [2.24, 2.45) is 0 Å². The Hall–Kier alpha value is -0.690. The van der Waals surface area contributed by atoms with E-state index in [1.165, 1.54) is 0 Å². The van der Waals surface area contributed by atoms with Crippen molar-refractivity contribution in [1.29, 1.82) is 0 Å². The molecule has 84 valence electrons. The van der Waals surface area contributed by atoms with E-state index in [2.05, 4.69) is 10.3 Å². The number of nitrogens with one attached hydrogen (secondary N) is 1. The Morgan fingerprint density at radius 1 is 1.47 bits per heavy atom. The van der Waals surface area contributed by atoms with Crippen molar-refractivity contribution in [3.8, 4) is 0 Å². The monoisotopic (exact) mass is 240 g/mol. The summed E-state index contributed by atoms with van der Waals surface area (Å²) in [5.74, 6) is 0. The van der Waals surface area contributed by atoms with E-state index in [0.29, 0.717) is 17.9 Å². The van der Waals surface area contributed by atoms with Crippen LogP contribution in [0, 0.1) is 0 Å². The van der Waals surface area contributed by atoms with E-state index in [1.807, 2.05) is 0 Å². The van der Waals surface area contributed by atoms with Crippen LogP contribution in [-0.2, 0) is 11.8 Å². The molecule has 0 spiro atoms. The lowest BCUT2D eigenvalue weighted by atomic mass is 10.1. The highest BCUT2D eigenvalue weighted by molar-refractivity contribution is 7.11. The average Bonchev–Trinajstić information content (AvgIpc) is 2.69. The van der Waals surface area contributed by atoms with Gasteiger partial charge in [-0.05, 0) is 6.54 Å². The van der Waals surface area contributed by atoms with Crippen LogP contribution in [0.5, 0.6) is 0 Å². The molecule has 2 nitrogen and oxygen atoms in total. The van der Waals surface area contributed by atoms with Crippen molar-refractivity contribution in [3.05, 3.63) is 16.1 Å². The van der Waals surface area contributed by atoms with Gasteiger partial charge < -0.3 is 5.32 Å². The summed E-state index contributed by atoms with van der Waals surface area (Å²) < 4.78 is 50.7. The molecule has 0 aliphatic carbocycles. The van der Waals surface area contributed by atoms with Crippen LogP contribution in [0.15, 0.2) is 6.20 Å². The number of hydrogen-bond acceptors (Lipinski definition) is 3. The van der Waals surface area contributed by atoms with Crippen LogP contribution >= 0.6 is 11.3 Å². The summed E-state index contributed by atoms with van der Waals surface area (Å²) in [6.07, 6.45) is -3.29. The smallest absolute Gasteiger partial charge is 0.313 e. The van der Waals surface area contributed by atoms with Gasteiger partial charge in [0.15, 0.2) is 10.7 Å². The Balaban J connectivity index is 2.27. The van der Waals surface area contributed by atoms with Gasteiger partial charge in [-0.25, -0.2) is 9.37 Å². The fraction of sp³-hybridized carbons (Fsp3) is 0.625. The van der Waals surface area contributed by atoms with Crippen molar-refractivity contribution in [1.82, 2.24) is 10.3 Å². The minimum atomic E-state index is -4.48. The number of aromatic nitrogens is 1. The molecule has 15 heavy (non-hydrogen) atoms. The fourth-order valence-electron chi connectivity index (χ4n) is 1.48. The molecule has 0 amide bonds. The summed E-state index contributed by atoms with van der Waals surface area (Å²) in [7, 11) is 0. The number of rotatable bonds is 1. The zero-order valence-corrected chi connectivity index (χ0v) is 8.38. The summed E-state index contributed by atoms with van der Waals surface area (Å²) >= 11 is 0.385. The van der Waals surface area contributed by atoms with E-state index in [9.17, 15) is 17.6 Å². The molecule has 0 saturated carbocycles. The lowest BCUT2D eigenvalue weighted by Crippen LogP contribution is -2.21. The summed E-state index contributed by atoms with van der Waals surface area (Å²) in [6.45, 7) is 0.544. The summed E-state index contributed by atoms with van der Waals surface area (Å²) in [6, 6.07) is 0. The van der Waals surface area contributed by atoms with Gasteiger partial charge in [0.25, 0.3) is 0 Å². The summed E-state index contributed by atoms with van der Waals surface area (Å²) in [4.78, 5) is 3.26. The Kier molecular flexibility index (Phi) is 2.46. The highest BCUT2D eigenvalue weighted by atomic mass is 32.1. The maximum absolute atomic E-state index is 14.0. The molecule has 1 atom stereocenters. The predicted octanol–water partition coefficient (Wildman–Crippen LogP) is 2.32. The predicted molar refractivity (Wildman–Crippen MR) is 47.4 cm³/mol. The first-order chi connectivity index (χ1) is 6.92. The molecule has 7 heteroatoms. The zero-order chi connectivity index (χ0) is 11.1. The minimum absolute atomic E-state index is 0.0554. The van der Waals surface area contributed by atoms with Crippen LogP contribution < -0.4 is 5.32 Å². The Morgan fingerprint density at radius 2 is 2.20 bits per heavy atom. The third kappa shape index (κ3) is 1.98. The third-order valence-electron chi connectivity index (χ3n) is 2.29. The quantitative estimate of drug-likeness (QED) is 0.762. The van der Waals surface area contributed by atoms with Crippen molar-refractivity contribution in [2.75, 3.05) is 13.1 Å². The lowest BCUT2D eigenvalue weighted by molar-refractivity contribution is -0.137. The van der Waals surface area contributed by atoms with Crippen LogP contribution in [0.1, 0.15) is 16.3 Å². The van der Waals surface area contributed by atoms with E-state index in [-0.39, 0.29) is 17.8 Å². The first-order valence-electron chi connectivity index (χ1n) is 4.35. The van der Waals surface area contributed by atoms with Gasteiger partial charge in [0.1, 0.15) is 0 Å². The molecule has 0 aromatic carbocycles. The molecule has 1 aliphatic heterocycles. The van der Waals surface area contributed by atoms with Crippen LogP contribution in [-0.4, -0.2) is 18.1 Å². The zero-order valence-electron chi connectivity index (χ0n) is 7.57. The molecule has 1 fully saturated rings. The lowest BCUT2D eigenvalue weighted by Gasteiger charge is -2.14. The topological polar surface area (TPSA) is 24.9 Å². The van der Waals surface area contributed by atoms with Gasteiger partial charge >= 0.3 is 6.18 Å². The van der Waals surface area contributed by atoms with Crippen LogP contribution in [0.4, 0.5) is 17.6 Å². The third-order valence-corrected chi connectivity index (χ3v) is 3.51.